The first kappa shape index (κ1) is 18.3. The van der Waals surface area contributed by atoms with E-state index in [9.17, 15) is 9.90 Å². The van der Waals surface area contributed by atoms with Crippen molar-refractivity contribution in [3.05, 3.63) is 70.5 Å². The van der Waals surface area contributed by atoms with Crippen molar-refractivity contribution in [1.29, 1.82) is 0 Å². The van der Waals surface area contributed by atoms with Crippen LogP contribution in [0.25, 0.3) is 21.8 Å². The maximum absolute atomic E-state index is 11.7. The third-order valence-electron chi connectivity index (χ3n) is 4.56. The largest absolute Gasteiger partial charge is 0.487 e. The zero-order valence-corrected chi connectivity index (χ0v) is 15.8. The number of aromatic amines is 1. The van der Waals surface area contributed by atoms with Crippen LogP contribution in [0.3, 0.4) is 0 Å². The topological polar surface area (TPSA) is 84.4 Å². The van der Waals surface area contributed by atoms with Crippen LogP contribution in [0, 0.1) is 0 Å². The Morgan fingerprint density at radius 2 is 1.93 bits per heavy atom. The first-order valence-electron chi connectivity index (χ1n) is 8.61. The molecule has 0 amide bonds. The van der Waals surface area contributed by atoms with Gasteiger partial charge in [0.15, 0.2) is 5.69 Å². The van der Waals surface area contributed by atoms with Gasteiger partial charge in [0.25, 0.3) is 0 Å². The number of pyridine rings is 1. The van der Waals surface area contributed by atoms with Gasteiger partial charge < -0.3 is 19.6 Å². The number of nitrogens with one attached hydrogen (secondary N) is 1. The number of nitrogens with zero attached hydrogens (tertiary/aromatic N) is 1. The molecule has 2 heterocycles. The fourth-order valence-corrected chi connectivity index (χ4v) is 3.57. The number of aromatic nitrogens is 2. The van der Waals surface area contributed by atoms with Crippen LogP contribution >= 0.6 is 11.6 Å². The van der Waals surface area contributed by atoms with E-state index in [-0.39, 0.29) is 18.9 Å². The van der Waals surface area contributed by atoms with E-state index in [0.29, 0.717) is 16.3 Å². The van der Waals surface area contributed by atoms with Crippen LogP contribution in [0.15, 0.2) is 48.7 Å². The predicted molar refractivity (Wildman–Crippen MR) is 107 cm³/mol. The maximum Gasteiger partial charge on any atom is 0.354 e. The van der Waals surface area contributed by atoms with Gasteiger partial charge in [0.05, 0.1) is 23.3 Å². The summed E-state index contributed by atoms with van der Waals surface area (Å²) in [4.78, 5) is 19.1. The summed E-state index contributed by atoms with van der Waals surface area (Å²) in [6, 6.07) is 13.1. The van der Waals surface area contributed by atoms with Crippen LogP contribution in [-0.4, -0.2) is 28.2 Å². The predicted octanol–water partition coefficient (Wildman–Crippen LogP) is 4.79. The Bertz CT molecular complexity index is 1190. The molecule has 0 aliphatic rings. The number of benzene rings is 2. The summed E-state index contributed by atoms with van der Waals surface area (Å²) in [5.74, 6) is -0.501. The molecule has 2 aromatic heterocycles. The van der Waals surface area contributed by atoms with Gasteiger partial charge in [-0.3, -0.25) is 0 Å². The summed E-state index contributed by atoms with van der Waals surface area (Å²) >= 11 is 6.18. The summed E-state index contributed by atoms with van der Waals surface area (Å²) < 4.78 is 11.2. The van der Waals surface area contributed by atoms with E-state index in [2.05, 4.69) is 9.97 Å². The highest BCUT2D eigenvalue weighted by Crippen LogP contribution is 2.33. The number of para-hydroxylation sites is 1. The minimum absolute atomic E-state index is 0.0166. The highest BCUT2D eigenvalue weighted by Gasteiger charge is 2.20. The number of carboxylic acids is 1. The molecule has 0 saturated carbocycles. The van der Waals surface area contributed by atoms with E-state index in [1.54, 1.807) is 12.1 Å². The quantitative estimate of drug-likeness (QED) is 0.489. The Balaban J connectivity index is 1.88. The van der Waals surface area contributed by atoms with E-state index in [0.717, 1.165) is 27.4 Å². The number of ether oxygens (including phenoxy) is 2. The molecule has 4 rings (SSSR count). The standard InChI is InChI=1S/C21H17ClN2O4/c1-27-11-13-19-16(9-23-20(13)21(25)26)24-15-7-4-5-12(18(15)19)10-28-17-8-3-2-6-14(17)22/h2-9,24H,10-11H2,1H3,(H,25,26). The Labute approximate surface area is 165 Å². The maximum atomic E-state index is 11.7. The van der Waals surface area contributed by atoms with E-state index in [4.69, 9.17) is 21.1 Å². The molecule has 2 N–H and O–H groups in total. The van der Waals surface area contributed by atoms with Crippen LogP contribution in [0.5, 0.6) is 5.75 Å². The minimum atomic E-state index is -1.09. The average Bonchev–Trinajstić information content (AvgIpc) is 3.07. The summed E-state index contributed by atoms with van der Waals surface area (Å²) in [6.07, 6.45) is 1.54. The van der Waals surface area contributed by atoms with Gasteiger partial charge in [-0.05, 0) is 23.8 Å². The van der Waals surface area contributed by atoms with E-state index >= 15 is 0 Å². The molecule has 0 bridgehead atoms. The molecule has 0 saturated heterocycles. The molecule has 28 heavy (non-hydrogen) atoms. The van der Waals surface area contributed by atoms with Crippen LogP contribution in [0.1, 0.15) is 21.6 Å². The molecular formula is C21H17ClN2O4. The number of carboxylic acid groups (broad SMARTS) is 1. The van der Waals surface area contributed by atoms with Crippen LogP contribution in [0.2, 0.25) is 5.02 Å². The first-order valence-corrected chi connectivity index (χ1v) is 8.98. The molecular weight excluding hydrogens is 380 g/mol. The second-order valence-corrected chi connectivity index (χ2v) is 6.70. The van der Waals surface area contributed by atoms with Crippen molar-refractivity contribution in [2.24, 2.45) is 0 Å². The number of aromatic carboxylic acids is 1. The van der Waals surface area contributed by atoms with Gasteiger partial charge in [-0.25, -0.2) is 9.78 Å². The lowest BCUT2D eigenvalue weighted by atomic mass is 10.0. The fraction of sp³-hybridized carbons (Fsp3) is 0.143. The van der Waals surface area contributed by atoms with Crippen LogP contribution < -0.4 is 4.74 Å². The number of halogens is 1. The van der Waals surface area contributed by atoms with Crippen molar-refractivity contribution in [3.8, 4) is 5.75 Å². The second kappa shape index (κ2) is 7.50. The molecule has 0 aliphatic carbocycles. The number of fused-ring (bicyclic) bond motifs is 3. The van der Waals surface area contributed by atoms with E-state index < -0.39 is 5.97 Å². The van der Waals surface area contributed by atoms with E-state index in [1.165, 1.54) is 13.3 Å². The van der Waals surface area contributed by atoms with Crippen LogP contribution in [-0.2, 0) is 18.0 Å². The van der Waals surface area contributed by atoms with Gasteiger partial charge in [0.2, 0.25) is 0 Å². The molecule has 0 fully saturated rings. The zero-order chi connectivity index (χ0) is 19.7. The Morgan fingerprint density at radius 3 is 2.68 bits per heavy atom. The molecule has 0 spiro atoms. The molecule has 4 aromatic rings. The lowest BCUT2D eigenvalue weighted by molar-refractivity contribution is 0.0685. The van der Waals surface area contributed by atoms with Gasteiger partial charge in [-0.2, -0.15) is 0 Å². The summed E-state index contributed by atoms with van der Waals surface area (Å²) in [7, 11) is 1.53. The molecule has 0 atom stereocenters. The van der Waals surface area contributed by atoms with Gasteiger partial charge in [-0.15, -0.1) is 0 Å². The summed E-state index contributed by atoms with van der Waals surface area (Å²) in [5.41, 5.74) is 3.04. The smallest absolute Gasteiger partial charge is 0.354 e. The van der Waals surface area contributed by atoms with Crippen molar-refractivity contribution >= 4 is 39.4 Å². The molecule has 2 aromatic carbocycles. The van der Waals surface area contributed by atoms with Crippen molar-refractivity contribution in [2.45, 2.75) is 13.2 Å². The van der Waals surface area contributed by atoms with Crippen molar-refractivity contribution in [2.75, 3.05) is 7.11 Å². The zero-order valence-electron chi connectivity index (χ0n) is 15.0. The van der Waals surface area contributed by atoms with Crippen LogP contribution in [0.4, 0.5) is 0 Å². The monoisotopic (exact) mass is 396 g/mol. The molecule has 0 aliphatic heterocycles. The Kier molecular flexibility index (Phi) is 4.90. The molecule has 0 unspecified atom stereocenters. The first-order chi connectivity index (χ1) is 13.6. The number of carbonyl (C=O) groups is 1. The Morgan fingerprint density at radius 1 is 1.11 bits per heavy atom. The van der Waals surface area contributed by atoms with Crippen molar-refractivity contribution in [3.63, 3.8) is 0 Å². The molecule has 0 radical (unpaired) electrons. The van der Waals surface area contributed by atoms with Crippen molar-refractivity contribution in [1.82, 2.24) is 9.97 Å². The SMILES string of the molecule is COCc1c(C(=O)O)ncc2[nH]c3cccc(COc4ccccc4Cl)c3c12. The highest BCUT2D eigenvalue weighted by molar-refractivity contribution is 6.32. The molecule has 7 heteroatoms. The minimum Gasteiger partial charge on any atom is -0.487 e. The van der Waals surface area contributed by atoms with Crippen molar-refractivity contribution < 1.29 is 19.4 Å². The third kappa shape index (κ3) is 3.17. The number of methoxy groups -OCH3 is 1. The number of hydrogen-bond donors (Lipinski definition) is 2. The summed E-state index contributed by atoms with van der Waals surface area (Å²) in [6.45, 7) is 0.420. The van der Waals surface area contributed by atoms with Gasteiger partial charge >= 0.3 is 5.97 Å². The fourth-order valence-electron chi connectivity index (χ4n) is 3.38. The normalized spacial score (nSPS) is 11.2. The molecule has 142 valence electrons. The summed E-state index contributed by atoms with van der Waals surface area (Å²) in [5, 5.41) is 11.7. The number of rotatable bonds is 6. The molecule has 6 nitrogen and oxygen atoms in total. The number of hydrogen-bond acceptors (Lipinski definition) is 4. The van der Waals surface area contributed by atoms with Gasteiger partial charge in [0.1, 0.15) is 12.4 Å². The second-order valence-electron chi connectivity index (χ2n) is 6.30. The average molecular weight is 397 g/mol. The Hall–Kier alpha value is -3.09. The lowest BCUT2D eigenvalue weighted by Gasteiger charge is -2.11. The van der Waals surface area contributed by atoms with E-state index in [1.807, 2.05) is 30.3 Å². The van der Waals surface area contributed by atoms with Gasteiger partial charge in [0, 0.05) is 29.0 Å². The third-order valence-corrected chi connectivity index (χ3v) is 4.87. The highest BCUT2D eigenvalue weighted by atomic mass is 35.5. The van der Waals surface area contributed by atoms with Gasteiger partial charge in [-0.1, -0.05) is 35.9 Å². The number of H-pyrrole nitrogens is 1. The lowest BCUT2D eigenvalue weighted by Crippen LogP contribution is -2.07.